The average molecular weight is 253 g/mol. The molecule has 0 aromatic carbocycles. The molecule has 3 N–H and O–H groups in total. The summed E-state index contributed by atoms with van der Waals surface area (Å²) in [6.07, 6.45) is 0.779. The third-order valence-electron chi connectivity index (χ3n) is 2.76. The normalized spacial score (nSPS) is 10.5. The molecule has 0 amide bonds. The quantitative estimate of drug-likeness (QED) is 0.430. The molecule has 6 nitrogen and oxygen atoms in total. The monoisotopic (exact) mass is 253 g/mol. The Kier molecular flexibility index (Phi) is 5.80. The van der Waals surface area contributed by atoms with Gasteiger partial charge in [0.15, 0.2) is 0 Å². The summed E-state index contributed by atoms with van der Waals surface area (Å²) >= 11 is 0. The van der Waals surface area contributed by atoms with Gasteiger partial charge in [-0.1, -0.05) is 6.92 Å². The van der Waals surface area contributed by atoms with Gasteiger partial charge >= 0.3 is 0 Å². The molecule has 0 radical (unpaired) electrons. The highest BCUT2D eigenvalue weighted by Gasteiger charge is 2.12. The number of aromatic nitrogens is 2. The fourth-order valence-corrected chi connectivity index (χ4v) is 1.67. The van der Waals surface area contributed by atoms with Crippen molar-refractivity contribution in [2.24, 2.45) is 5.84 Å². The van der Waals surface area contributed by atoms with Crippen LogP contribution in [0.3, 0.4) is 0 Å². The molecule has 18 heavy (non-hydrogen) atoms. The van der Waals surface area contributed by atoms with Crippen molar-refractivity contribution in [1.29, 1.82) is 0 Å². The van der Waals surface area contributed by atoms with E-state index < -0.39 is 0 Å². The van der Waals surface area contributed by atoms with Crippen LogP contribution < -0.4 is 16.2 Å². The van der Waals surface area contributed by atoms with Crippen LogP contribution >= 0.6 is 0 Å². The van der Waals surface area contributed by atoms with Gasteiger partial charge in [0.05, 0.1) is 6.61 Å². The predicted molar refractivity (Wildman–Crippen MR) is 73.7 cm³/mol. The molecule has 0 unspecified atom stereocenters. The zero-order chi connectivity index (χ0) is 13.5. The van der Waals surface area contributed by atoms with Crippen LogP contribution in [0, 0.1) is 6.92 Å². The van der Waals surface area contributed by atoms with E-state index in [2.05, 4.69) is 20.3 Å². The highest BCUT2D eigenvalue weighted by Crippen LogP contribution is 2.22. The van der Waals surface area contributed by atoms with E-state index in [-0.39, 0.29) is 0 Å². The summed E-state index contributed by atoms with van der Waals surface area (Å²) in [5, 5.41) is 0. The van der Waals surface area contributed by atoms with Crippen molar-refractivity contribution in [3.8, 4) is 0 Å². The van der Waals surface area contributed by atoms with Crippen molar-refractivity contribution >= 4 is 11.6 Å². The number of nitrogens with two attached hydrogens (primary N) is 1. The van der Waals surface area contributed by atoms with Crippen molar-refractivity contribution in [3.05, 3.63) is 11.4 Å². The Morgan fingerprint density at radius 3 is 2.61 bits per heavy atom. The average Bonchev–Trinajstić information content (AvgIpc) is 2.39. The Morgan fingerprint density at radius 1 is 1.33 bits per heavy atom. The third kappa shape index (κ3) is 3.54. The van der Waals surface area contributed by atoms with Crippen LogP contribution in [0.4, 0.5) is 11.6 Å². The molecule has 0 aliphatic rings. The molecule has 0 aliphatic carbocycles. The number of hydrogen-bond donors (Lipinski definition) is 2. The van der Waals surface area contributed by atoms with Gasteiger partial charge in [-0.05, 0) is 13.8 Å². The molecule has 0 spiro atoms. The van der Waals surface area contributed by atoms with Gasteiger partial charge in [0, 0.05) is 32.2 Å². The lowest BCUT2D eigenvalue weighted by Crippen LogP contribution is -2.26. The minimum atomic E-state index is 0.681. The fourth-order valence-electron chi connectivity index (χ4n) is 1.67. The zero-order valence-electron chi connectivity index (χ0n) is 11.7. The zero-order valence-corrected chi connectivity index (χ0v) is 11.7. The molecule has 0 aliphatic heterocycles. The number of anilines is 2. The minimum absolute atomic E-state index is 0.681. The third-order valence-corrected chi connectivity index (χ3v) is 2.76. The van der Waals surface area contributed by atoms with E-state index in [1.165, 1.54) is 0 Å². The maximum absolute atomic E-state index is 5.48. The minimum Gasteiger partial charge on any atom is -0.380 e. The molecule has 1 aromatic heterocycles. The standard InChI is InChI=1S/C12H23N5O/c1-5-10-14-11(16-13)9(3)12(15-10)17(4)7-8-18-6-2/h5-8,13H2,1-4H3,(H,14,15,16). The lowest BCUT2D eigenvalue weighted by molar-refractivity contribution is 0.154. The van der Waals surface area contributed by atoms with Gasteiger partial charge in [-0.2, -0.15) is 0 Å². The van der Waals surface area contributed by atoms with Crippen molar-refractivity contribution in [1.82, 2.24) is 9.97 Å². The van der Waals surface area contributed by atoms with Crippen LogP contribution in [-0.2, 0) is 11.2 Å². The van der Waals surface area contributed by atoms with E-state index in [1.54, 1.807) is 0 Å². The number of likely N-dealkylation sites (N-methyl/N-ethyl adjacent to an activating group) is 1. The first-order valence-electron chi connectivity index (χ1n) is 6.27. The van der Waals surface area contributed by atoms with E-state index in [4.69, 9.17) is 10.6 Å². The Balaban J connectivity index is 2.91. The smallest absolute Gasteiger partial charge is 0.148 e. The van der Waals surface area contributed by atoms with Crippen LogP contribution in [0.15, 0.2) is 0 Å². The van der Waals surface area contributed by atoms with Crippen molar-refractivity contribution in [2.75, 3.05) is 37.1 Å². The first kappa shape index (κ1) is 14.7. The highest BCUT2D eigenvalue weighted by atomic mass is 16.5. The van der Waals surface area contributed by atoms with Crippen molar-refractivity contribution in [3.63, 3.8) is 0 Å². The molecular formula is C12H23N5O. The first-order chi connectivity index (χ1) is 8.63. The number of nitrogens with zero attached hydrogens (tertiary/aromatic N) is 3. The van der Waals surface area contributed by atoms with Gasteiger partial charge in [0.1, 0.15) is 17.5 Å². The van der Waals surface area contributed by atoms with Gasteiger partial charge in [-0.15, -0.1) is 0 Å². The van der Waals surface area contributed by atoms with E-state index in [1.807, 2.05) is 27.8 Å². The van der Waals surface area contributed by atoms with Gasteiger partial charge < -0.3 is 15.1 Å². The van der Waals surface area contributed by atoms with Crippen LogP contribution in [0.1, 0.15) is 25.2 Å². The maximum Gasteiger partial charge on any atom is 0.148 e. The summed E-state index contributed by atoms with van der Waals surface area (Å²) in [4.78, 5) is 10.9. The van der Waals surface area contributed by atoms with Crippen LogP contribution in [0.5, 0.6) is 0 Å². The highest BCUT2D eigenvalue weighted by molar-refractivity contribution is 5.57. The molecule has 1 heterocycles. The SMILES string of the molecule is CCOCCN(C)c1nc(CC)nc(NN)c1C. The van der Waals surface area contributed by atoms with Crippen molar-refractivity contribution in [2.45, 2.75) is 27.2 Å². The topological polar surface area (TPSA) is 76.3 Å². The second-order valence-electron chi connectivity index (χ2n) is 4.05. The largest absolute Gasteiger partial charge is 0.380 e. The Hall–Kier alpha value is -1.40. The molecule has 1 rings (SSSR count). The Morgan fingerprint density at radius 2 is 2.06 bits per heavy atom. The number of ether oxygens (including phenoxy) is 1. The van der Waals surface area contributed by atoms with Crippen LogP contribution in [-0.4, -0.2) is 36.8 Å². The fraction of sp³-hybridized carbons (Fsp3) is 0.667. The first-order valence-corrected chi connectivity index (χ1v) is 6.27. The number of rotatable bonds is 7. The van der Waals surface area contributed by atoms with Crippen LogP contribution in [0.2, 0.25) is 0 Å². The number of hydrazine groups is 1. The summed E-state index contributed by atoms with van der Waals surface area (Å²) in [5.74, 6) is 7.84. The Labute approximate surface area is 109 Å². The number of nitrogen functional groups attached to an aromatic ring is 1. The Bertz CT molecular complexity index is 383. The maximum atomic E-state index is 5.48. The summed E-state index contributed by atoms with van der Waals surface area (Å²) < 4.78 is 5.35. The molecule has 0 fully saturated rings. The number of hydrogen-bond acceptors (Lipinski definition) is 6. The molecule has 102 valence electrons. The molecule has 6 heteroatoms. The van der Waals surface area contributed by atoms with E-state index >= 15 is 0 Å². The summed E-state index contributed by atoms with van der Waals surface area (Å²) in [5.41, 5.74) is 3.58. The van der Waals surface area contributed by atoms with E-state index in [0.717, 1.165) is 36.8 Å². The number of nitrogens with one attached hydrogen (secondary N) is 1. The van der Waals surface area contributed by atoms with Crippen molar-refractivity contribution < 1.29 is 4.74 Å². The van der Waals surface area contributed by atoms with E-state index in [9.17, 15) is 0 Å². The summed E-state index contributed by atoms with van der Waals surface area (Å²) in [6.45, 7) is 8.17. The second kappa shape index (κ2) is 7.13. The van der Waals surface area contributed by atoms with Crippen LogP contribution in [0.25, 0.3) is 0 Å². The van der Waals surface area contributed by atoms with Gasteiger partial charge in [-0.3, -0.25) is 0 Å². The van der Waals surface area contributed by atoms with Gasteiger partial charge in [0.2, 0.25) is 0 Å². The predicted octanol–water partition coefficient (Wildman–Crippen LogP) is 1.11. The molecule has 0 bridgehead atoms. The van der Waals surface area contributed by atoms with Gasteiger partial charge in [0.25, 0.3) is 0 Å². The second-order valence-corrected chi connectivity index (χ2v) is 4.05. The molecular weight excluding hydrogens is 230 g/mol. The molecule has 0 saturated heterocycles. The summed E-state index contributed by atoms with van der Waals surface area (Å²) in [7, 11) is 1.99. The summed E-state index contributed by atoms with van der Waals surface area (Å²) in [6, 6.07) is 0. The molecule has 0 saturated carbocycles. The lowest BCUT2D eigenvalue weighted by Gasteiger charge is -2.21. The number of aryl methyl sites for hydroxylation is 1. The lowest BCUT2D eigenvalue weighted by atomic mass is 10.2. The van der Waals surface area contributed by atoms with E-state index in [0.29, 0.717) is 12.4 Å². The molecule has 0 atom stereocenters. The van der Waals surface area contributed by atoms with Gasteiger partial charge in [-0.25, -0.2) is 15.8 Å². The molecule has 1 aromatic rings.